The lowest BCUT2D eigenvalue weighted by Crippen LogP contribution is -2.67. The molecule has 5 rings (SSSR count). The van der Waals surface area contributed by atoms with Crippen molar-refractivity contribution in [3.63, 3.8) is 0 Å². The summed E-state index contributed by atoms with van der Waals surface area (Å²) in [5, 5.41) is 10.0. The Hall–Kier alpha value is -1.58. The number of methoxy groups -OCH3 is 1. The number of aliphatic hydroxyl groups is 1. The molecule has 0 unspecified atom stereocenters. The fraction of sp³-hybridized carbons (Fsp3) is 0.812. The van der Waals surface area contributed by atoms with Crippen LogP contribution in [0.25, 0.3) is 0 Å². The molecular formula is C32H48O4. The zero-order valence-corrected chi connectivity index (χ0v) is 23.7. The number of hydrogen-bond donors (Lipinski definition) is 1. The number of allylic oxidation sites excluding steroid dienone is 2. The van der Waals surface area contributed by atoms with Crippen LogP contribution in [0.2, 0.25) is 0 Å². The van der Waals surface area contributed by atoms with E-state index in [1.165, 1.54) is 5.57 Å². The first kappa shape index (κ1) is 26.0. The number of ketones is 1. The molecule has 0 bridgehead atoms. The Kier molecular flexibility index (Phi) is 5.76. The maximum Gasteiger partial charge on any atom is 0.312 e. The fourth-order valence-electron chi connectivity index (χ4n) is 11.7. The molecule has 0 aromatic heterocycles. The number of ether oxygens (including phenoxy) is 1. The van der Waals surface area contributed by atoms with Crippen molar-refractivity contribution in [2.75, 3.05) is 7.11 Å². The topological polar surface area (TPSA) is 63.6 Å². The highest BCUT2D eigenvalue weighted by Crippen LogP contribution is 2.77. The second kappa shape index (κ2) is 7.96. The first-order chi connectivity index (χ1) is 16.7. The minimum absolute atomic E-state index is 0.00603. The smallest absolute Gasteiger partial charge is 0.312 e. The number of carbonyl (C=O) groups is 2. The summed E-state index contributed by atoms with van der Waals surface area (Å²) >= 11 is 0. The minimum atomic E-state index is -0.455. The van der Waals surface area contributed by atoms with Gasteiger partial charge in [0.15, 0.2) is 5.78 Å². The fourth-order valence-corrected chi connectivity index (χ4v) is 11.7. The summed E-state index contributed by atoms with van der Waals surface area (Å²) in [6.07, 6.45) is 10.2. The van der Waals surface area contributed by atoms with E-state index < -0.39 is 5.41 Å². The second-order valence-corrected chi connectivity index (χ2v) is 14.7. The summed E-state index contributed by atoms with van der Waals surface area (Å²) in [5.41, 5.74) is 1.25. The molecule has 0 saturated heterocycles. The molecule has 9 atom stereocenters. The van der Waals surface area contributed by atoms with Gasteiger partial charge in [0, 0.05) is 11.0 Å². The van der Waals surface area contributed by atoms with Gasteiger partial charge in [0.1, 0.15) is 0 Å². The van der Waals surface area contributed by atoms with E-state index in [9.17, 15) is 14.7 Å². The molecule has 200 valence electrons. The molecule has 5 aliphatic carbocycles. The maximum absolute atomic E-state index is 13.4. The van der Waals surface area contributed by atoms with Crippen LogP contribution in [-0.2, 0) is 14.3 Å². The van der Waals surface area contributed by atoms with Crippen molar-refractivity contribution >= 4 is 11.8 Å². The third-order valence-corrected chi connectivity index (χ3v) is 13.4. The van der Waals surface area contributed by atoms with Crippen LogP contribution in [0.3, 0.4) is 0 Å². The lowest BCUT2D eigenvalue weighted by Gasteiger charge is -2.72. The Bertz CT molecular complexity index is 1020. The average Bonchev–Trinajstić information content (AvgIpc) is 3.22. The minimum Gasteiger partial charge on any atom is -0.515 e. The highest BCUT2D eigenvalue weighted by Gasteiger charge is 2.72. The molecule has 0 aromatic carbocycles. The van der Waals surface area contributed by atoms with Crippen molar-refractivity contribution in [2.45, 2.75) is 99.3 Å². The van der Waals surface area contributed by atoms with Gasteiger partial charge in [-0.05, 0) is 111 Å². The van der Waals surface area contributed by atoms with Gasteiger partial charge in [0.25, 0.3) is 0 Å². The van der Waals surface area contributed by atoms with E-state index in [2.05, 4.69) is 48.1 Å². The Labute approximate surface area is 218 Å². The van der Waals surface area contributed by atoms with Crippen molar-refractivity contribution in [2.24, 2.45) is 56.7 Å². The number of aliphatic hydroxyl groups excluding tert-OH is 1. The van der Waals surface area contributed by atoms with Crippen molar-refractivity contribution in [1.82, 2.24) is 0 Å². The van der Waals surface area contributed by atoms with E-state index in [0.717, 1.165) is 57.6 Å². The van der Waals surface area contributed by atoms with Gasteiger partial charge in [0.05, 0.1) is 18.8 Å². The predicted molar refractivity (Wildman–Crippen MR) is 142 cm³/mol. The standard InChI is InChI=1S/C32H48O4/c1-19(2)21-11-14-32(27(35)36-8)16-15-30(6)22(25(21)32)9-10-24-29(5)17-20(18-33)26(34)28(3,4)23(29)12-13-31(24,30)7/h18,21-25,33H,1,9-17H2,2-8H3/b20-18-/t21-,22+,23-,24-,25+,29-,30+,31+,32-/m0/s1. The highest BCUT2D eigenvalue weighted by molar-refractivity contribution is 6.00. The molecule has 36 heavy (non-hydrogen) atoms. The van der Waals surface area contributed by atoms with Crippen molar-refractivity contribution < 1.29 is 19.4 Å². The largest absolute Gasteiger partial charge is 0.515 e. The Balaban J connectivity index is 1.59. The SMILES string of the molecule is C=C(C)[C@@H]1CC[C@]2(C(=O)OC)CC[C@]3(C)[C@H](CC[C@H]4[C@@]5(C)C/C(=C/O)C(=O)C(C)(C)[C@@H]5CC[C@]43C)[C@@H]12. The lowest BCUT2D eigenvalue weighted by atomic mass is 9.32. The van der Waals surface area contributed by atoms with E-state index in [1.807, 2.05) is 0 Å². The molecule has 1 N–H and O–H groups in total. The molecule has 0 aliphatic heterocycles. The normalized spacial score (nSPS) is 50.5. The van der Waals surface area contributed by atoms with Crippen LogP contribution in [0.4, 0.5) is 0 Å². The molecule has 4 heteroatoms. The van der Waals surface area contributed by atoms with E-state index >= 15 is 0 Å². The molecule has 0 spiro atoms. The van der Waals surface area contributed by atoms with Crippen LogP contribution >= 0.6 is 0 Å². The van der Waals surface area contributed by atoms with Gasteiger partial charge >= 0.3 is 5.97 Å². The van der Waals surface area contributed by atoms with Gasteiger partial charge in [-0.15, -0.1) is 0 Å². The molecular weight excluding hydrogens is 448 g/mol. The van der Waals surface area contributed by atoms with Crippen LogP contribution in [0, 0.1) is 56.7 Å². The zero-order valence-electron chi connectivity index (χ0n) is 23.7. The van der Waals surface area contributed by atoms with E-state index in [4.69, 9.17) is 4.74 Å². The van der Waals surface area contributed by atoms with Gasteiger partial charge in [-0.25, -0.2) is 0 Å². The van der Waals surface area contributed by atoms with E-state index in [-0.39, 0.29) is 33.4 Å². The predicted octanol–water partition coefficient (Wildman–Crippen LogP) is 7.44. The first-order valence-corrected chi connectivity index (χ1v) is 14.4. The van der Waals surface area contributed by atoms with Crippen LogP contribution < -0.4 is 0 Å². The number of esters is 1. The summed E-state index contributed by atoms with van der Waals surface area (Å²) < 4.78 is 5.48. The summed E-state index contributed by atoms with van der Waals surface area (Å²) in [6, 6.07) is 0. The van der Waals surface area contributed by atoms with Crippen molar-refractivity contribution in [3.8, 4) is 0 Å². The van der Waals surface area contributed by atoms with Gasteiger partial charge in [-0.3, -0.25) is 9.59 Å². The van der Waals surface area contributed by atoms with Gasteiger partial charge in [0.2, 0.25) is 0 Å². The monoisotopic (exact) mass is 496 g/mol. The number of Topliss-reactive ketones (excluding diaryl/α,β-unsaturated/α-hetero) is 1. The van der Waals surface area contributed by atoms with Gasteiger partial charge in [-0.2, -0.15) is 0 Å². The second-order valence-electron chi connectivity index (χ2n) is 14.7. The van der Waals surface area contributed by atoms with E-state index in [1.54, 1.807) is 7.11 Å². The molecule has 5 fully saturated rings. The molecule has 0 heterocycles. The van der Waals surface area contributed by atoms with Gasteiger partial charge in [-0.1, -0.05) is 46.8 Å². The molecule has 5 saturated carbocycles. The van der Waals surface area contributed by atoms with Crippen molar-refractivity contribution in [1.29, 1.82) is 0 Å². The third kappa shape index (κ3) is 2.94. The Morgan fingerprint density at radius 1 is 0.972 bits per heavy atom. The zero-order chi connectivity index (χ0) is 26.5. The van der Waals surface area contributed by atoms with Crippen LogP contribution in [0.5, 0.6) is 0 Å². The Morgan fingerprint density at radius 2 is 1.67 bits per heavy atom. The van der Waals surface area contributed by atoms with Crippen molar-refractivity contribution in [3.05, 3.63) is 24.0 Å². The first-order valence-electron chi connectivity index (χ1n) is 14.4. The molecule has 0 radical (unpaired) electrons. The van der Waals surface area contributed by atoms with Crippen LogP contribution in [0.1, 0.15) is 99.3 Å². The quantitative estimate of drug-likeness (QED) is 0.187. The maximum atomic E-state index is 13.4. The number of rotatable bonds is 2. The molecule has 4 nitrogen and oxygen atoms in total. The number of hydrogen-bond acceptors (Lipinski definition) is 4. The summed E-state index contributed by atoms with van der Waals surface area (Å²) in [4.78, 5) is 26.7. The molecule has 0 amide bonds. The highest BCUT2D eigenvalue weighted by atomic mass is 16.5. The molecule has 0 aromatic rings. The summed E-state index contributed by atoms with van der Waals surface area (Å²) in [7, 11) is 1.56. The third-order valence-electron chi connectivity index (χ3n) is 13.4. The van der Waals surface area contributed by atoms with Crippen LogP contribution in [0.15, 0.2) is 24.0 Å². The van der Waals surface area contributed by atoms with Crippen LogP contribution in [-0.4, -0.2) is 24.0 Å². The Morgan fingerprint density at radius 3 is 2.28 bits per heavy atom. The van der Waals surface area contributed by atoms with E-state index in [0.29, 0.717) is 41.6 Å². The summed E-state index contributed by atoms with van der Waals surface area (Å²) in [6.45, 7) is 18.3. The average molecular weight is 497 g/mol. The molecule has 5 aliphatic rings. The number of fused-ring (bicyclic) bond motifs is 7. The number of carbonyl (C=O) groups excluding carboxylic acids is 2. The lowest BCUT2D eigenvalue weighted by molar-refractivity contribution is -0.232. The van der Waals surface area contributed by atoms with Gasteiger partial charge < -0.3 is 9.84 Å². The summed E-state index contributed by atoms with van der Waals surface area (Å²) in [5.74, 6) is 2.12.